The van der Waals surface area contributed by atoms with E-state index in [0.717, 1.165) is 54.9 Å². The molecule has 2 heterocycles. The fourth-order valence-electron chi connectivity index (χ4n) is 2.01. The van der Waals surface area contributed by atoms with E-state index in [1.54, 1.807) is 17.6 Å². The second kappa shape index (κ2) is 10.6. The van der Waals surface area contributed by atoms with Gasteiger partial charge in [-0.2, -0.15) is 0 Å². The van der Waals surface area contributed by atoms with Crippen LogP contribution < -0.4 is 10.6 Å². The lowest BCUT2D eigenvalue weighted by molar-refractivity contribution is 0.507. The van der Waals surface area contributed by atoms with E-state index in [2.05, 4.69) is 41.4 Å². The molecule has 7 heteroatoms. The minimum atomic E-state index is 0. The molecule has 2 aromatic heterocycles. The summed E-state index contributed by atoms with van der Waals surface area (Å²) in [5, 5.41) is 7.74. The third-order valence-corrected chi connectivity index (χ3v) is 4.39. The molecule has 0 radical (unpaired) electrons. The van der Waals surface area contributed by atoms with Gasteiger partial charge in [0.05, 0.1) is 17.0 Å². The standard InChI is InChI=1S/C16H24N4OS.HI/c1-4-17-16(18-9-7-14-6-5-11-21-14)19-10-8-15-20-12(2)13(3)22-15;/h5-6,11H,4,7-10H2,1-3H3,(H2,17,18,19);1H. The zero-order chi connectivity index (χ0) is 15.8. The number of aryl methyl sites for hydroxylation is 2. The van der Waals surface area contributed by atoms with Gasteiger partial charge in [0.1, 0.15) is 5.76 Å². The number of nitrogens with one attached hydrogen (secondary N) is 2. The first kappa shape index (κ1) is 20.0. The Hall–Kier alpha value is -1.09. The Kier molecular flexibility index (Phi) is 9.23. The molecule has 0 saturated heterocycles. The van der Waals surface area contributed by atoms with Crippen molar-refractivity contribution in [3.63, 3.8) is 0 Å². The van der Waals surface area contributed by atoms with Crippen LogP contribution in [0.5, 0.6) is 0 Å². The molecule has 0 aliphatic carbocycles. The van der Waals surface area contributed by atoms with Gasteiger partial charge in [0.25, 0.3) is 0 Å². The molecule has 0 aliphatic heterocycles. The van der Waals surface area contributed by atoms with Gasteiger partial charge in [-0.15, -0.1) is 35.3 Å². The fourth-order valence-corrected chi connectivity index (χ4v) is 2.93. The van der Waals surface area contributed by atoms with Crippen molar-refractivity contribution in [1.82, 2.24) is 15.6 Å². The Labute approximate surface area is 159 Å². The van der Waals surface area contributed by atoms with Crippen LogP contribution in [0.15, 0.2) is 27.8 Å². The molecule has 0 unspecified atom stereocenters. The zero-order valence-corrected chi connectivity index (χ0v) is 17.0. The van der Waals surface area contributed by atoms with E-state index in [1.165, 1.54) is 4.88 Å². The summed E-state index contributed by atoms with van der Waals surface area (Å²) in [4.78, 5) is 10.4. The molecule has 5 nitrogen and oxygen atoms in total. The van der Waals surface area contributed by atoms with Gasteiger partial charge in [-0.3, -0.25) is 4.99 Å². The van der Waals surface area contributed by atoms with Crippen molar-refractivity contribution in [2.75, 3.05) is 19.6 Å². The third kappa shape index (κ3) is 6.90. The maximum atomic E-state index is 5.32. The van der Waals surface area contributed by atoms with Crippen LogP contribution in [-0.4, -0.2) is 30.6 Å². The summed E-state index contributed by atoms with van der Waals surface area (Å²) in [6.45, 7) is 8.62. The molecule has 23 heavy (non-hydrogen) atoms. The smallest absolute Gasteiger partial charge is 0.191 e. The molecule has 2 N–H and O–H groups in total. The quantitative estimate of drug-likeness (QED) is 0.388. The van der Waals surface area contributed by atoms with E-state index in [4.69, 9.17) is 4.42 Å². The first-order chi connectivity index (χ1) is 10.7. The number of thiazole rings is 1. The summed E-state index contributed by atoms with van der Waals surface area (Å²) in [7, 11) is 0. The lowest BCUT2D eigenvalue weighted by atomic mass is 10.3. The van der Waals surface area contributed by atoms with Gasteiger partial charge in [0, 0.05) is 37.4 Å². The van der Waals surface area contributed by atoms with E-state index in [0.29, 0.717) is 0 Å². The highest BCUT2D eigenvalue weighted by atomic mass is 127. The number of hydrogen-bond acceptors (Lipinski definition) is 4. The third-order valence-electron chi connectivity index (χ3n) is 3.26. The van der Waals surface area contributed by atoms with Crippen LogP contribution in [-0.2, 0) is 12.8 Å². The van der Waals surface area contributed by atoms with Crippen LogP contribution in [0.4, 0.5) is 0 Å². The Morgan fingerprint density at radius 2 is 2.13 bits per heavy atom. The maximum absolute atomic E-state index is 5.32. The normalized spacial score (nSPS) is 11.2. The fraction of sp³-hybridized carbons (Fsp3) is 0.500. The summed E-state index contributed by atoms with van der Waals surface area (Å²) >= 11 is 1.76. The van der Waals surface area contributed by atoms with Crippen LogP contribution >= 0.6 is 35.3 Å². The molecule has 2 aromatic rings. The van der Waals surface area contributed by atoms with Gasteiger partial charge in [-0.25, -0.2) is 4.98 Å². The number of rotatable bonds is 7. The van der Waals surface area contributed by atoms with Crippen LogP contribution in [0.1, 0.15) is 28.3 Å². The van der Waals surface area contributed by atoms with Crippen LogP contribution in [0.25, 0.3) is 0 Å². The molecule has 2 rings (SSSR count). The van der Waals surface area contributed by atoms with Gasteiger partial charge in [-0.1, -0.05) is 0 Å². The summed E-state index contributed by atoms with van der Waals surface area (Å²) in [5.74, 6) is 1.83. The number of nitrogens with zero attached hydrogens (tertiary/aromatic N) is 2. The van der Waals surface area contributed by atoms with Crippen LogP contribution in [0.2, 0.25) is 0 Å². The highest BCUT2D eigenvalue weighted by Crippen LogP contribution is 2.16. The molecule has 0 atom stereocenters. The van der Waals surface area contributed by atoms with Crippen molar-refractivity contribution < 1.29 is 4.42 Å². The number of aromatic nitrogens is 1. The molecular formula is C16H25IN4OS. The highest BCUT2D eigenvalue weighted by Gasteiger charge is 2.03. The minimum Gasteiger partial charge on any atom is -0.469 e. The van der Waals surface area contributed by atoms with E-state index in [9.17, 15) is 0 Å². The number of guanidine groups is 1. The minimum absolute atomic E-state index is 0. The van der Waals surface area contributed by atoms with Gasteiger partial charge >= 0.3 is 0 Å². The van der Waals surface area contributed by atoms with Gasteiger partial charge in [0.2, 0.25) is 0 Å². The van der Waals surface area contributed by atoms with Crippen molar-refractivity contribution >= 4 is 41.3 Å². The molecule has 0 saturated carbocycles. The largest absolute Gasteiger partial charge is 0.469 e. The Balaban J connectivity index is 0.00000264. The Bertz CT molecular complexity index is 576. The van der Waals surface area contributed by atoms with Gasteiger partial charge < -0.3 is 15.1 Å². The van der Waals surface area contributed by atoms with Crippen LogP contribution in [0, 0.1) is 13.8 Å². The number of furan rings is 1. The lowest BCUT2D eigenvalue weighted by Crippen LogP contribution is -2.38. The molecule has 0 amide bonds. The first-order valence-electron chi connectivity index (χ1n) is 7.66. The highest BCUT2D eigenvalue weighted by molar-refractivity contribution is 14.0. The molecule has 0 bridgehead atoms. The SMILES string of the molecule is CCNC(=NCCc1nc(C)c(C)s1)NCCc1ccco1.I. The topological polar surface area (TPSA) is 62.5 Å². The summed E-state index contributed by atoms with van der Waals surface area (Å²) in [6.07, 6.45) is 3.43. The molecular weight excluding hydrogens is 423 g/mol. The summed E-state index contributed by atoms with van der Waals surface area (Å²) in [5.41, 5.74) is 1.13. The summed E-state index contributed by atoms with van der Waals surface area (Å²) in [6, 6.07) is 3.89. The van der Waals surface area contributed by atoms with Crippen molar-refractivity contribution in [3.05, 3.63) is 39.7 Å². The molecule has 0 aliphatic rings. The van der Waals surface area contributed by atoms with Crippen molar-refractivity contribution in [1.29, 1.82) is 0 Å². The van der Waals surface area contributed by atoms with E-state index in [-0.39, 0.29) is 24.0 Å². The second-order valence-electron chi connectivity index (χ2n) is 5.02. The predicted molar refractivity (Wildman–Crippen MR) is 107 cm³/mol. The first-order valence-corrected chi connectivity index (χ1v) is 8.48. The maximum Gasteiger partial charge on any atom is 0.191 e. The molecule has 0 fully saturated rings. The van der Waals surface area contributed by atoms with Crippen molar-refractivity contribution in [3.8, 4) is 0 Å². The summed E-state index contributed by atoms with van der Waals surface area (Å²) < 4.78 is 5.32. The average Bonchev–Trinajstić information content (AvgIpc) is 3.10. The van der Waals surface area contributed by atoms with Crippen LogP contribution in [0.3, 0.4) is 0 Å². The Morgan fingerprint density at radius 1 is 1.30 bits per heavy atom. The zero-order valence-electron chi connectivity index (χ0n) is 13.9. The molecule has 128 valence electrons. The number of aliphatic imine (C=N–C) groups is 1. The van der Waals surface area contributed by atoms with Crippen molar-refractivity contribution in [2.45, 2.75) is 33.6 Å². The molecule has 0 spiro atoms. The monoisotopic (exact) mass is 448 g/mol. The average molecular weight is 448 g/mol. The second-order valence-corrected chi connectivity index (χ2v) is 6.30. The number of halogens is 1. The van der Waals surface area contributed by atoms with E-state index < -0.39 is 0 Å². The predicted octanol–water partition coefficient (Wildman–Crippen LogP) is 3.31. The molecule has 0 aromatic carbocycles. The Morgan fingerprint density at radius 3 is 2.74 bits per heavy atom. The van der Waals surface area contributed by atoms with Gasteiger partial charge in [0.15, 0.2) is 5.96 Å². The number of hydrogen-bond donors (Lipinski definition) is 2. The van der Waals surface area contributed by atoms with Gasteiger partial charge in [-0.05, 0) is 32.9 Å². The lowest BCUT2D eigenvalue weighted by Gasteiger charge is -2.10. The van der Waals surface area contributed by atoms with E-state index >= 15 is 0 Å². The van der Waals surface area contributed by atoms with E-state index in [1.807, 2.05) is 12.1 Å². The van der Waals surface area contributed by atoms with Crippen molar-refractivity contribution in [2.24, 2.45) is 4.99 Å².